The quantitative estimate of drug-likeness (QED) is 0.796. The summed E-state index contributed by atoms with van der Waals surface area (Å²) >= 11 is 12.6. The molecule has 1 amide bonds. The predicted molar refractivity (Wildman–Crippen MR) is 94.6 cm³/mol. The molecule has 116 valence electrons. The molecule has 1 N–H and O–H groups in total. The van der Waals surface area contributed by atoms with Crippen LogP contribution in [-0.2, 0) is 4.79 Å². The monoisotopic (exact) mass is 346 g/mol. The van der Waals surface area contributed by atoms with Gasteiger partial charge in [-0.15, -0.1) is 0 Å². The Morgan fingerprint density at radius 2 is 2.10 bits per heavy atom. The molecule has 0 saturated carbocycles. The Morgan fingerprint density at radius 1 is 1.43 bits per heavy atom. The van der Waals surface area contributed by atoms with E-state index in [0.717, 1.165) is 17.4 Å². The van der Waals surface area contributed by atoms with Crippen molar-refractivity contribution in [1.29, 1.82) is 0 Å². The summed E-state index contributed by atoms with van der Waals surface area (Å²) in [6.45, 7) is 5.75. The lowest BCUT2D eigenvalue weighted by molar-refractivity contribution is -0.113. The number of carbonyl (C=O) groups excluding carboxylic acids is 1. The number of carbonyl (C=O) groups is 1. The van der Waals surface area contributed by atoms with Crippen LogP contribution in [0.5, 0.6) is 5.75 Å². The van der Waals surface area contributed by atoms with Gasteiger partial charge in [0.25, 0.3) is 0 Å². The zero-order valence-electron chi connectivity index (χ0n) is 12.3. The molecule has 0 atom stereocenters. The summed E-state index contributed by atoms with van der Waals surface area (Å²) in [7, 11) is 1.54. The molecule has 21 heavy (non-hydrogen) atoms. The Kier molecular flexibility index (Phi) is 7.85. The first kappa shape index (κ1) is 18.1. The molecule has 0 unspecified atom stereocenters. The van der Waals surface area contributed by atoms with Gasteiger partial charge in [0.15, 0.2) is 0 Å². The van der Waals surface area contributed by atoms with E-state index in [1.165, 1.54) is 11.8 Å². The summed E-state index contributed by atoms with van der Waals surface area (Å²) in [6, 6.07) is 5.08. The molecule has 1 aromatic carbocycles. The zero-order chi connectivity index (χ0) is 15.8. The molecule has 0 heterocycles. The minimum atomic E-state index is -0.143. The number of halogens is 1. The fraction of sp³-hybridized carbons (Fsp3) is 0.429. The molecule has 4 nitrogen and oxygen atoms in total. The van der Waals surface area contributed by atoms with Crippen molar-refractivity contribution in [1.82, 2.24) is 4.90 Å². The summed E-state index contributed by atoms with van der Waals surface area (Å²) in [5, 5.41) is 3.32. The molecular formula is C14H19ClN2O2S2. The van der Waals surface area contributed by atoms with Crippen molar-refractivity contribution >= 4 is 51.5 Å². The number of thioether (sulfide) groups is 1. The fourth-order valence-corrected chi connectivity index (χ4v) is 3.04. The van der Waals surface area contributed by atoms with Gasteiger partial charge in [-0.25, -0.2) is 0 Å². The molecule has 1 aromatic rings. The topological polar surface area (TPSA) is 41.6 Å². The van der Waals surface area contributed by atoms with Gasteiger partial charge < -0.3 is 15.0 Å². The Labute approximate surface area is 140 Å². The number of nitrogens with zero attached hydrogens (tertiary/aromatic N) is 1. The van der Waals surface area contributed by atoms with Crippen molar-refractivity contribution in [2.45, 2.75) is 13.8 Å². The SMILES string of the molecule is CCN(CC)C(=S)SCC(=O)Nc1cc(Cl)ccc1OC. The van der Waals surface area contributed by atoms with Crippen LogP contribution in [0.15, 0.2) is 18.2 Å². The molecule has 1 rings (SSSR count). The van der Waals surface area contributed by atoms with E-state index in [9.17, 15) is 4.79 Å². The summed E-state index contributed by atoms with van der Waals surface area (Å²) in [5.74, 6) is 0.685. The Bertz CT molecular complexity index is 508. The zero-order valence-corrected chi connectivity index (χ0v) is 14.7. The third kappa shape index (κ3) is 5.73. The number of hydrogen-bond acceptors (Lipinski definition) is 4. The van der Waals surface area contributed by atoms with Crippen LogP contribution >= 0.6 is 35.6 Å². The number of nitrogens with one attached hydrogen (secondary N) is 1. The first-order chi connectivity index (χ1) is 10.0. The van der Waals surface area contributed by atoms with Crippen LogP contribution in [0.4, 0.5) is 5.69 Å². The van der Waals surface area contributed by atoms with Gasteiger partial charge in [0.1, 0.15) is 10.1 Å². The predicted octanol–water partition coefficient (Wildman–Crippen LogP) is 3.65. The van der Waals surface area contributed by atoms with Gasteiger partial charge in [-0.2, -0.15) is 0 Å². The van der Waals surface area contributed by atoms with Gasteiger partial charge in [0, 0.05) is 18.1 Å². The highest BCUT2D eigenvalue weighted by molar-refractivity contribution is 8.23. The molecule has 0 spiro atoms. The molecular weight excluding hydrogens is 328 g/mol. The minimum Gasteiger partial charge on any atom is -0.495 e. The van der Waals surface area contributed by atoms with E-state index in [2.05, 4.69) is 5.32 Å². The van der Waals surface area contributed by atoms with Crippen LogP contribution < -0.4 is 10.1 Å². The van der Waals surface area contributed by atoms with Crippen molar-refractivity contribution in [3.63, 3.8) is 0 Å². The van der Waals surface area contributed by atoms with E-state index in [-0.39, 0.29) is 11.7 Å². The lowest BCUT2D eigenvalue weighted by Gasteiger charge is -2.20. The first-order valence-corrected chi connectivity index (χ1v) is 8.34. The molecule has 0 aliphatic carbocycles. The van der Waals surface area contributed by atoms with Crippen LogP contribution in [0.1, 0.15) is 13.8 Å². The van der Waals surface area contributed by atoms with Gasteiger partial charge in [-0.3, -0.25) is 4.79 Å². The van der Waals surface area contributed by atoms with Gasteiger partial charge >= 0.3 is 0 Å². The second-order valence-electron chi connectivity index (χ2n) is 4.12. The van der Waals surface area contributed by atoms with E-state index < -0.39 is 0 Å². The third-order valence-corrected chi connectivity index (χ3v) is 4.54. The summed E-state index contributed by atoms with van der Waals surface area (Å²) in [6.07, 6.45) is 0. The molecule has 0 radical (unpaired) electrons. The largest absolute Gasteiger partial charge is 0.495 e. The maximum Gasteiger partial charge on any atom is 0.234 e. The second-order valence-corrected chi connectivity index (χ2v) is 6.17. The van der Waals surface area contributed by atoms with Crippen LogP contribution in [0.25, 0.3) is 0 Å². The van der Waals surface area contributed by atoms with E-state index >= 15 is 0 Å². The van der Waals surface area contributed by atoms with Gasteiger partial charge in [-0.1, -0.05) is 35.6 Å². The smallest absolute Gasteiger partial charge is 0.234 e. The van der Waals surface area contributed by atoms with Crippen molar-refractivity contribution in [2.24, 2.45) is 0 Å². The van der Waals surface area contributed by atoms with E-state index in [0.29, 0.717) is 16.5 Å². The summed E-state index contributed by atoms with van der Waals surface area (Å²) < 4.78 is 5.92. The number of hydrogen-bond donors (Lipinski definition) is 1. The average Bonchev–Trinajstić information content (AvgIpc) is 2.46. The van der Waals surface area contributed by atoms with Crippen LogP contribution in [0.2, 0.25) is 5.02 Å². The van der Waals surface area contributed by atoms with E-state index in [1.54, 1.807) is 25.3 Å². The Morgan fingerprint density at radius 3 is 2.67 bits per heavy atom. The lowest BCUT2D eigenvalue weighted by atomic mass is 10.3. The average molecular weight is 347 g/mol. The number of thiocarbonyl (C=S) groups is 1. The maximum atomic E-state index is 12.0. The third-order valence-electron chi connectivity index (χ3n) is 2.78. The molecule has 7 heteroatoms. The standard InChI is InChI=1S/C14H19ClN2O2S2/c1-4-17(5-2)14(20)21-9-13(18)16-11-8-10(15)6-7-12(11)19-3/h6-8H,4-5,9H2,1-3H3,(H,16,18). The van der Waals surface area contributed by atoms with Crippen LogP contribution in [0.3, 0.4) is 0 Å². The number of ether oxygens (including phenoxy) is 1. The highest BCUT2D eigenvalue weighted by atomic mass is 35.5. The van der Waals surface area contributed by atoms with Crippen LogP contribution in [0, 0.1) is 0 Å². The Hall–Kier alpha value is -0.980. The van der Waals surface area contributed by atoms with Gasteiger partial charge in [0.2, 0.25) is 5.91 Å². The molecule has 0 aliphatic rings. The molecule has 0 aromatic heterocycles. The highest BCUT2D eigenvalue weighted by Crippen LogP contribution is 2.27. The number of anilines is 1. The first-order valence-electron chi connectivity index (χ1n) is 6.56. The van der Waals surface area contributed by atoms with Gasteiger partial charge in [0.05, 0.1) is 18.6 Å². The van der Waals surface area contributed by atoms with Crippen molar-refractivity contribution in [3.8, 4) is 5.75 Å². The molecule has 0 aliphatic heterocycles. The minimum absolute atomic E-state index is 0.143. The van der Waals surface area contributed by atoms with Gasteiger partial charge in [-0.05, 0) is 32.0 Å². The molecule has 0 fully saturated rings. The van der Waals surface area contributed by atoms with Crippen molar-refractivity contribution in [3.05, 3.63) is 23.2 Å². The molecule has 0 saturated heterocycles. The van der Waals surface area contributed by atoms with E-state index in [4.69, 9.17) is 28.6 Å². The summed E-state index contributed by atoms with van der Waals surface area (Å²) in [5.41, 5.74) is 0.560. The molecule has 0 bridgehead atoms. The second kappa shape index (κ2) is 9.12. The summed E-state index contributed by atoms with van der Waals surface area (Å²) in [4.78, 5) is 14.0. The normalized spacial score (nSPS) is 10.1. The highest BCUT2D eigenvalue weighted by Gasteiger charge is 2.11. The number of methoxy groups -OCH3 is 1. The van der Waals surface area contributed by atoms with Crippen molar-refractivity contribution in [2.75, 3.05) is 31.3 Å². The lowest BCUT2D eigenvalue weighted by Crippen LogP contribution is -2.28. The van der Waals surface area contributed by atoms with Crippen LogP contribution in [-0.4, -0.2) is 41.1 Å². The fourth-order valence-electron chi connectivity index (χ4n) is 1.66. The maximum absolute atomic E-state index is 12.0. The Balaban J connectivity index is 2.58. The number of rotatable bonds is 6. The number of benzene rings is 1. The number of amides is 1. The van der Waals surface area contributed by atoms with Crippen molar-refractivity contribution < 1.29 is 9.53 Å². The van der Waals surface area contributed by atoms with E-state index in [1.807, 2.05) is 18.7 Å².